The number of hydrogen-bond acceptors (Lipinski definition) is 23. The van der Waals surface area contributed by atoms with Gasteiger partial charge in [-0.15, -0.1) is 11.8 Å². The molecule has 0 aromatic heterocycles. The predicted octanol–water partition coefficient (Wildman–Crippen LogP) is -9.72. The van der Waals surface area contributed by atoms with Crippen LogP contribution in [0, 0.1) is 0 Å². The molecular weight excluding hydrogens is 708 g/mol. The van der Waals surface area contributed by atoms with Crippen LogP contribution in [0.5, 0.6) is 0 Å². The first-order valence-corrected chi connectivity index (χ1v) is 17.9. The zero-order chi connectivity index (χ0) is 37.5. The Bertz CT molecular complexity index is 1110. The highest BCUT2D eigenvalue weighted by molar-refractivity contribution is 7.99. The second-order valence-corrected chi connectivity index (χ2v) is 14.7. The summed E-state index contributed by atoms with van der Waals surface area (Å²) in [5.74, 6) is -0.0841. The van der Waals surface area contributed by atoms with Crippen LogP contribution in [0.4, 0.5) is 0 Å². The van der Waals surface area contributed by atoms with Gasteiger partial charge in [0, 0.05) is 30.9 Å². The van der Waals surface area contributed by atoms with Crippen molar-refractivity contribution < 1.29 is 79.1 Å². The second kappa shape index (κ2) is 17.5. The van der Waals surface area contributed by atoms with Gasteiger partial charge >= 0.3 is 0 Å². The molecule has 4 saturated heterocycles. The molecule has 1 saturated carbocycles. The fourth-order valence-electron chi connectivity index (χ4n) is 6.92. The molecule has 0 aromatic carbocycles. The Morgan fingerprint density at radius 1 is 0.510 bits per heavy atom. The lowest BCUT2D eigenvalue weighted by molar-refractivity contribution is -0.306. The van der Waals surface area contributed by atoms with Gasteiger partial charge < -0.3 is 114 Å². The number of rotatable bonds is 12. The summed E-state index contributed by atoms with van der Waals surface area (Å²) in [6, 6.07) is -4.39. The van der Waals surface area contributed by atoms with E-state index in [1.807, 2.05) is 0 Å². The van der Waals surface area contributed by atoms with E-state index in [2.05, 4.69) is 0 Å². The van der Waals surface area contributed by atoms with E-state index in [1.54, 1.807) is 0 Å². The molecule has 51 heavy (non-hydrogen) atoms. The molecule has 5 aliphatic rings. The maximum Gasteiger partial charge on any atom is 0.187 e. The van der Waals surface area contributed by atoms with Gasteiger partial charge in [0.2, 0.25) is 0 Å². The Morgan fingerprint density at radius 3 is 1.51 bits per heavy atom. The van der Waals surface area contributed by atoms with Gasteiger partial charge in [-0.05, 0) is 6.42 Å². The van der Waals surface area contributed by atoms with Crippen LogP contribution in [0.2, 0.25) is 0 Å². The molecule has 0 amide bonds. The van der Waals surface area contributed by atoms with Crippen molar-refractivity contribution in [3.8, 4) is 0 Å². The summed E-state index contributed by atoms with van der Waals surface area (Å²) in [5.41, 5.74) is 35.2. The van der Waals surface area contributed by atoms with Crippen LogP contribution in [0.3, 0.4) is 0 Å². The lowest BCUT2D eigenvalue weighted by atomic mass is 9.84. The van der Waals surface area contributed by atoms with E-state index >= 15 is 0 Å². The van der Waals surface area contributed by atoms with E-state index in [4.69, 9.17) is 67.6 Å². The number of hydrogen-bond donors (Lipinski definition) is 15. The number of nitrogens with two attached hydrogens (primary N) is 6. The van der Waals surface area contributed by atoms with Gasteiger partial charge in [0.1, 0.15) is 84.8 Å². The number of thioether (sulfide) groups is 1. The average molecular weight is 763 g/mol. The van der Waals surface area contributed by atoms with E-state index in [-0.39, 0.29) is 25.3 Å². The van der Waals surface area contributed by atoms with Crippen molar-refractivity contribution in [2.24, 2.45) is 34.4 Å². The molecule has 21 N–H and O–H groups in total. The monoisotopic (exact) mass is 762 g/mol. The molecule has 4 heterocycles. The molecule has 1 aliphatic carbocycles. The predicted molar refractivity (Wildman–Crippen MR) is 171 cm³/mol. The molecule has 0 radical (unpaired) electrons. The van der Waals surface area contributed by atoms with Crippen LogP contribution in [0.25, 0.3) is 0 Å². The van der Waals surface area contributed by atoms with Crippen LogP contribution in [-0.4, -0.2) is 211 Å². The van der Waals surface area contributed by atoms with Gasteiger partial charge in [-0.25, -0.2) is 0 Å². The van der Waals surface area contributed by atoms with Crippen LogP contribution < -0.4 is 34.4 Å². The third kappa shape index (κ3) is 8.51. The Morgan fingerprint density at radius 2 is 1.00 bits per heavy atom. The highest BCUT2D eigenvalue weighted by Crippen LogP contribution is 2.37. The number of aliphatic hydroxyl groups is 9. The van der Waals surface area contributed by atoms with Crippen molar-refractivity contribution in [3.63, 3.8) is 0 Å². The van der Waals surface area contributed by atoms with Crippen molar-refractivity contribution in [2.75, 3.05) is 25.4 Å². The van der Waals surface area contributed by atoms with Crippen LogP contribution in [0.1, 0.15) is 6.42 Å². The molecule has 23 atom stereocenters. The van der Waals surface area contributed by atoms with E-state index in [9.17, 15) is 46.0 Å². The molecule has 0 spiro atoms. The number of aliphatic hydroxyl groups excluding tert-OH is 9. The lowest BCUT2D eigenvalue weighted by Gasteiger charge is -2.47. The highest BCUT2D eigenvalue weighted by atomic mass is 32.2. The van der Waals surface area contributed by atoms with Crippen LogP contribution in [0.15, 0.2) is 0 Å². The standard InChI is InChI=1S/C28H54N6O16S/c29-2-8-15(37)18(40)12(33)25(44-8)48-22-7(32)1-6(31)14(36)24(22)50-27-21(43)23(49-26-13(34)19(41)16(38)9(3-30)45-26)11(46-27)5-51-28-20(42)17(39)10(4-35)47-28/h6-28,35-43H,1-5,29-34H2/t6-,7+,8-,9+,10-,11-,12-,13-,14+,15-,16-,17-,18-,19-,20-,21-,22-,23-,24-,25-,26-,27+,28+/m1/s1. The van der Waals surface area contributed by atoms with Crippen LogP contribution >= 0.6 is 11.8 Å². The summed E-state index contributed by atoms with van der Waals surface area (Å²) in [6.07, 6.45) is -24.2. The minimum Gasteiger partial charge on any atom is -0.394 e. The topological polar surface area (TPSA) is 403 Å². The SMILES string of the molecule is NC[C@@H]1O[C@H](O[C@H]2[C@@H](O)[C@H](O[C@@H]3[C@@H](O)[C@H](N)C[C@H](N)[C@H]3O[C@H]3O[C@H](CN)[C@@H](O)[C@H](O)[C@H]3N)O[C@@H]2CS[C@@H]2O[C@H](CO)[C@@H](O)[C@H]2O)[C@H](N)[C@@H](O)[C@@H]1O. The summed E-state index contributed by atoms with van der Waals surface area (Å²) in [4.78, 5) is 0. The maximum absolute atomic E-state index is 11.6. The summed E-state index contributed by atoms with van der Waals surface area (Å²) in [7, 11) is 0. The van der Waals surface area contributed by atoms with E-state index < -0.39 is 147 Å². The zero-order valence-electron chi connectivity index (χ0n) is 27.6. The maximum atomic E-state index is 11.6. The summed E-state index contributed by atoms with van der Waals surface area (Å²) in [5, 5.41) is 94.6. The second-order valence-electron chi connectivity index (χ2n) is 13.6. The first kappa shape index (κ1) is 41.6. The summed E-state index contributed by atoms with van der Waals surface area (Å²) in [6.45, 7) is -0.942. The van der Waals surface area contributed by atoms with Gasteiger partial charge in [-0.2, -0.15) is 0 Å². The fourth-order valence-corrected chi connectivity index (χ4v) is 8.15. The van der Waals surface area contributed by atoms with Crippen LogP contribution in [-0.2, 0) is 33.2 Å². The Balaban J connectivity index is 1.36. The third-order valence-electron chi connectivity index (χ3n) is 10.1. The fraction of sp³-hybridized carbons (Fsp3) is 1.00. The summed E-state index contributed by atoms with van der Waals surface area (Å²) >= 11 is 0.968. The van der Waals surface area contributed by atoms with Crippen molar-refractivity contribution in [3.05, 3.63) is 0 Å². The first-order chi connectivity index (χ1) is 24.1. The number of ether oxygens (including phenoxy) is 7. The van der Waals surface area contributed by atoms with E-state index in [0.717, 1.165) is 11.8 Å². The molecular formula is C28H54N6O16S. The van der Waals surface area contributed by atoms with Crippen molar-refractivity contribution in [1.29, 1.82) is 0 Å². The van der Waals surface area contributed by atoms with E-state index in [1.165, 1.54) is 0 Å². The van der Waals surface area contributed by atoms with Gasteiger partial charge in [0.05, 0.1) is 30.9 Å². The molecule has 298 valence electrons. The van der Waals surface area contributed by atoms with Crippen molar-refractivity contribution in [1.82, 2.24) is 0 Å². The molecule has 5 rings (SSSR count). The van der Waals surface area contributed by atoms with Gasteiger partial charge in [-0.1, -0.05) is 0 Å². The quantitative estimate of drug-likeness (QED) is 0.0877. The van der Waals surface area contributed by atoms with Crippen molar-refractivity contribution in [2.45, 2.75) is 146 Å². The normalized spacial score (nSPS) is 53.8. The molecule has 4 aliphatic heterocycles. The molecule has 0 unspecified atom stereocenters. The van der Waals surface area contributed by atoms with Gasteiger partial charge in [0.15, 0.2) is 18.9 Å². The smallest absolute Gasteiger partial charge is 0.187 e. The molecule has 22 nitrogen and oxygen atoms in total. The molecule has 5 fully saturated rings. The van der Waals surface area contributed by atoms with Gasteiger partial charge in [-0.3, -0.25) is 0 Å². The van der Waals surface area contributed by atoms with E-state index in [0.29, 0.717) is 0 Å². The minimum atomic E-state index is -1.66. The molecule has 23 heteroatoms. The molecule has 0 aromatic rings. The minimum absolute atomic E-state index is 0.0516. The zero-order valence-corrected chi connectivity index (χ0v) is 28.4. The first-order valence-electron chi connectivity index (χ1n) is 16.8. The Kier molecular flexibility index (Phi) is 14.3. The molecule has 0 bridgehead atoms. The average Bonchev–Trinajstić information content (AvgIpc) is 3.56. The Hall–Kier alpha value is -0.530. The third-order valence-corrected chi connectivity index (χ3v) is 11.4. The summed E-state index contributed by atoms with van der Waals surface area (Å²) < 4.78 is 41.4. The van der Waals surface area contributed by atoms with Gasteiger partial charge in [0.25, 0.3) is 0 Å². The Labute approximate surface area is 297 Å². The lowest BCUT2D eigenvalue weighted by Crippen LogP contribution is -2.68. The van der Waals surface area contributed by atoms with Crippen molar-refractivity contribution >= 4 is 11.8 Å². The highest BCUT2D eigenvalue weighted by Gasteiger charge is 2.55. The largest absolute Gasteiger partial charge is 0.394 e.